The molecule has 8 nitrogen and oxygen atoms in total. The van der Waals surface area contributed by atoms with Gasteiger partial charge in [0.2, 0.25) is 0 Å². The Bertz CT molecular complexity index is 750. The molecule has 2 aromatic rings. The third kappa shape index (κ3) is 6.10. The Morgan fingerprint density at radius 2 is 2.07 bits per heavy atom. The summed E-state index contributed by atoms with van der Waals surface area (Å²) in [6.45, 7) is 6.10. The number of amides is 1. The number of carbonyl (C=O) groups is 1. The van der Waals surface area contributed by atoms with E-state index >= 15 is 0 Å². The summed E-state index contributed by atoms with van der Waals surface area (Å²) in [5.74, 6) is 2.15. The second-order valence-electron chi connectivity index (χ2n) is 6.24. The molecule has 0 atom stereocenters. The average Bonchev–Trinajstić information content (AvgIpc) is 2.71. The molecule has 0 unspecified atom stereocenters. The van der Waals surface area contributed by atoms with Gasteiger partial charge in [-0.3, -0.25) is 4.79 Å². The Morgan fingerprint density at radius 3 is 2.89 bits per heavy atom. The second kappa shape index (κ2) is 9.72. The maximum Gasteiger partial charge on any atom is 0.258 e. The molecule has 0 saturated carbocycles. The number of hydrogen-bond donors (Lipinski definition) is 2. The fraction of sp³-hybridized carbons (Fsp3) is 0.421. The SMILES string of the molecule is Cc1cccc(OCC(=O)NCCNc2cc(N3CCOCC3)ncn2)c1. The standard InChI is InChI=1S/C19H25N5O3/c1-15-3-2-4-16(11-15)27-13-19(25)21-6-5-20-17-12-18(23-14-22-17)24-7-9-26-10-8-24/h2-4,11-12,14H,5-10,13H2,1H3,(H,21,25)(H,20,22,23). The smallest absolute Gasteiger partial charge is 0.258 e. The highest BCUT2D eigenvalue weighted by Crippen LogP contribution is 2.15. The molecule has 0 aliphatic carbocycles. The van der Waals surface area contributed by atoms with E-state index in [1.807, 2.05) is 37.3 Å². The fourth-order valence-electron chi connectivity index (χ4n) is 2.71. The van der Waals surface area contributed by atoms with Crippen LogP contribution in [0.15, 0.2) is 36.7 Å². The quantitative estimate of drug-likeness (QED) is 0.675. The number of aryl methyl sites for hydroxylation is 1. The number of aromatic nitrogens is 2. The van der Waals surface area contributed by atoms with Crippen molar-refractivity contribution >= 4 is 17.5 Å². The molecule has 3 rings (SSSR count). The van der Waals surface area contributed by atoms with Crippen LogP contribution in [0, 0.1) is 6.92 Å². The van der Waals surface area contributed by atoms with Crippen LogP contribution in [0.3, 0.4) is 0 Å². The topological polar surface area (TPSA) is 88.6 Å². The van der Waals surface area contributed by atoms with Crippen LogP contribution in [-0.2, 0) is 9.53 Å². The van der Waals surface area contributed by atoms with Gasteiger partial charge in [-0.05, 0) is 24.6 Å². The molecule has 1 saturated heterocycles. The number of nitrogens with one attached hydrogen (secondary N) is 2. The Morgan fingerprint density at radius 1 is 1.22 bits per heavy atom. The third-order valence-electron chi connectivity index (χ3n) is 4.10. The van der Waals surface area contributed by atoms with Gasteiger partial charge in [-0.2, -0.15) is 0 Å². The maximum atomic E-state index is 11.9. The molecule has 0 radical (unpaired) electrons. The Labute approximate surface area is 158 Å². The van der Waals surface area contributed by atoms with Crippen molar-refractivity contribution in [3.8, 4) is 5.75 Å². The summed E-state index contributed by atoms with van der Waals surface area (Å²) >= 11 is 0. The summed E-state index contributed by atoms with van der Waals surface area (Å²) in [6.07, 6.45) is 1.54. The largest absolute Gasteiger partial charge is 0.484 e. The number of morpholine rings is 1. The minimum Gasteiger partial charge on any atom is -0.484 e. The zero-order valence-corrected chi connectivity index (χ0v) is 15.5. The lowest BCUT2D eigenvalue weighted by Gasteiger charge is -2.27. The number of carbonyl (C=O) groups excluding carboxylic acids is 1. The minimum atomic E-state index is -0.157. The Balaban J connectivity index is 1.36. The van der Waals surface area contributed by atoms with Crippen molar-refractivity contribution in [3.63, 3.8) is 0 Å². The fourth-order valence-corrected chi connectivity index (χ4v) is 2.71. The molecular weight excluding hydrogens is 346 g/mol. The lowest BCUT2D eigenvalue weighted by atomic mass is 10.2. The maximum absolute atomic E-state index is 11.9. The summed E-state index contributed by atoms with van der Waals surface area (Å²) < 4.78 is 10.8. The van der Waals surface area contributed by atoms with Crippen molar-refractivity contribution < 1.29 is 14.3 Å². The van der Waals surface area contributed by atoms with E-state index in [0.29, 0.717) is 32.1 Å². The van der Waals surface area contributed by atoms with Crippen molar-refractivity contribution in [1.29, 1.82) is 0 Å². The summed E-state index contributed by atoms with van der Waals surface area (Å²) in [4.78, 5) is 22.6. The predicted molar refractivity (Wildman–Crippen MR) is 103 cm³/mol. The zero-order valence-electron chi connectivity index (χ0n) is 15.5. The summed E-state index contributed by atoms with van der Waals surface area (Å²) in [6, 6.07) is 9.53. The van der Waals surface area contributed by atoms with Gasteiger partial charge in [-0.25, -0.2) is 9.97 Å². The first-order valence-corrected chi connectivity index (χ1v) is 9.05. The van der Waals surface area contributed by atoms with E-state index in [1.54, 1.807) is 6.33 Å². The number of hydrogen-bond acceptors (Lipinski definition) is 7. The molecule has 144 valence electrons. The molecule has 0 spiro atoms. The van der Waals surface area contributed by atoms with Gasteiger partial charge in [-0.15, -0.1) is 0 Å². The van der Waals surface area contributed by atoms with Gasteiger partial charge in [0, 0.05) is 32.2 Å². The molecular formula is C19H25N5O3. The van der Waals surface area contributed by atoms with Crippen LogP contribution in [0.2, 0.25) is 0 Å². The number of ether oxygens (including phenoxy) is 2. The third-order valence-corrected chi connectivity index (χ3v) is 4.10. The van der Waals surface area contributed by atoms with Crippen LogP contribution < -0.4 is 20.3 Å². The van der Waals surface area contributed by atoms with Gasteiger partial charge in [0.05, 0.1) is 13.2 Å². The van der Waals surface area contributed by atoms with Gasteiger partial charge in [0.25, 0.3) is 5.91 Å². The molecule has 2 heterocycles. The monoisotopic (exact) mass is 371 g/mol. The number of rotatable bonds is 8. The van der Waals surface area contributed by atoms with E-state index in [-0.39, 0.29) is 12.5 Å². The van der Waals surface area contributed by atoms with Crippen molar-refractivity contribution in [3.05, 3.63) is 42.2 Å². The van der Waals surface area contributed by atoms with Crippen LogP contribution in [0.25, 0.3) is 0 Å². The zero-order chi connectivity index (χ0) is 18.9. The molecule has 1 aromatic heterocycles. The molecule has 1 aromatic carbocycles. The van der Waals surface area contributed by atoms with Crippen molar-refractivity contribution in [2.24, 2.45) is 0 Å². The Kier molecular flexibility index (Phi) is 6.81. The molecule has 1 amide bonds. The van der Waals surface area contributed by atoms with E-state index in [2.05, 4.69) is 25.5 Å². The van der Waals surface area contributed by atoms with Gasteiger partial charge in [-0.1, -0.05) is 12.1 Å². The lowest BCUT2D eigenvalue weighted by Crippen LogP contribution is -2.36. The normalized spacial score (nSPS) is 13.9. The average molecular weight is 371 g/mol. The summed E-state index contributed by atoms with van der Waals surface area (Å²) in [7, 11) is 0. The van der Waals surface area contributed by atoms with E-state index in [4.69, 9.17) is 9.47 Å². The highest BCUT2D eigenvalue weighted by atomic mass is 16.5. The van der Waals surface area contributed by atoms with E-state index in [9.17, 15) is 4.79 Å². The van der Waals surface area contributed by atoms with Gasteiger partial charge in [0.1, 0.15) is 23.7 Å². The number of anilines is 2. The van der Waals surface area contributed by atoms with Crippen LogP contribution in [-0.4, -0.2) is 61.9 Å². The lowest BCUT2D eigenvalue weighted by molar-refractivity contribution is -0.123. The molecule has 2 N–H and O–H groups in total. The van der Waals surface area contributed by atoms with Crippen molar-refractivity contribution in [2.45, 2.75) is 6.92 Å². The van der Waals surface area contributed by atoms with Crippen LogP contribution >= 0.6 is 0 Å². The minimum absolute atomic E-state index is 0.00185. The Hall–Kier alpha value is -2.87. The summed E-state index contributed by atoms with van der Waals surface area (Å²) in [5, 5.41) is 6.02. The van der Waals surface area contributed by atoms with Gasteiger partial charge in [0.15, 0.2) is 6.61 Å². The molecule has 8 heteroatoms. The molecule has 1 aliphatic rings. The van der Waals surface area contributed by atoms with Crippen molar-refractivity contribution in [1.82, 2.24) is 15.3 Å². The predicted octanol–water partition coefficient (Wildman–Crippen LogP) is 1.23. The molecule has 0 bridgehead atoms. The van der Waals surface area contributed by atoms with Gasteiger partial charge >= 0.3 is 0 Å². The number of nitrogens with zero attached hydrogens (tertiary/aromatic N) is 3. The first kappa shape index (κ1) is 18.9. The van der Waals surface area contributed by atoms with Crippen LogP contribution in [0.1, 0.15) is 5.56 Å². The van der Waals surface area contributed by atoms with Crippen molar-refractivity contribution in [2.75, 3.05) is 56.2 Å². The van der Waals surface area contributed by atoms with E-state index in [0.717, 1.165) is 30.3 Å². The molecule has 1 aliphatic heterocycles. The van der Waals surface area contributed by atoms with Crippen LogP contribution in [0.5, 0.6) is 5.75 Å². The highest BCUT2D eigenvalue weighted by molar-refractivity contribution is 5.77. The van der Waals surface area contributed by atoms with Crippen LogP contribution in [0.4, 0.5) is 11.6 Å². The summed E-state index contributed by atoms with van der Waals surface area (Å²) in [5.41, 5.74) is 1.10. The highest BCUT2D eigenvalue weighted by Gasteiger charge is 2.12. The van der Waals surface area contributed by atoms with E-state index in [1.165, 1.54) is 0 Å². The first-order chi connectivity index (χ1) is 13.2. The van der Waals surface area contributed by atoms with Gasteiger partial charge < -0.3 is 25.0 Å². The molecule has 1 fully saturated rings. The first-order valence-electron chi connectivity index (χ1n) is 9.05. The second-order valence-corrected chi connectivity index (χ2v) is 6.24. The number of benzene rings is 1. The molecule has 27 heavy (non-hydrogen) atoms. The van der Waals surface area contributed by atoms with E-state index < -0.39 is 0 Å².